The molecule has 0 spiro atoms. The molecule has 0 nitrogen and oxygen atoms in total. The van der Waals surface area contributed by atoms with Gasteiger partial charge in [0.25, 0.3) is 0 Å². The van der Waals surface area contributed by atoms with Gasteiger partial charge < -0.3 is 0 Å². The van der Waals surface area contributed by atoms with Gasteiger partial charge in [0.05, 0.1) is 0 Å². The van der Waals surface area contributed by atoms with Crippen LogP contribution in [0.15, 0.2) is 30.3 Å². The number of rotatable bonds is 1. The Labute approximate surface area is 55.8 Å². The summed E-state index contributed by atoms with van der Waals surface area (Å²) in [6.07, 6.45) is 0. The minimum absolute atomic E-state index is 0.182. The second-order valence-electron chi connectivity index (χ2n) is 1.49. The van der Waals surface area contributed by atoms with Crippen LogP contribution in [0.5, 0.6) is 0 Å². The van der Waals surface area contributed by atoms with Crippen LogP contribution in [-0.4, -0.2) is 20.6 Å². The third-order valence-electron chi connectivity index (χ3n) is 0.939. The van der Waals surface area contributed by atoms with E-state index < -0.39 is 0 Å². The minimum atomic E-state index is 0.182. The van der Waals surface area contributed by atoms with Crippen molar-refractivity contribution in [3.05, 3.63) is 30.3 Å². The van der Waals surface area contributed by atoms with Gasteiger partial charge in [-0.1, -0.05) is 0 Å². The summed E-state index contributed by atoms with van der Waals surface area (Å²) in [5.74, 6) is 0. The summed E-state index contributed by atoms with van der Waals surface area (Å²) in [4.78, 5) is 0. The molecule has 0 saturated heterocycles. The van der Waals surface area contributed by atoms with Crippen molar-refractivity contribution in [3.8, 4) is 0 Å². The van der Waals surface area contributed by atoms with Gasteiger partial charge in [-0.05, 0) is 0 Å². The summed E-state index contributed by atoms with van der Waals surface area (Å²) in [7, 11) is 0. The monoisotopic (exact) mass is 166 g/mol. The Kier molecular flexibility index (Phi) is 2.05. The Morgan fingerprint density at radius 1 is 1.12 bits per heavy atom. The third kappa shape index (κ3) is 1.31. The number of hydrogen-bond acceptors (Lipinski definition) is 0. The molecular weight excluding hydrogens is 159 g/mol. The van der Waals surface area contributed by atoms with Crippen LogP contribution in [0.3, 0.4) is 0 Å². The van der Waals surface area contributed by atoms with Crippen LogP contribution in [0.25, 0.3) is 0 Å². The molecule has 1 rings (SSSR count). The second-order valence-corrected chi connectivity index (χ2v) is 3.24. The van der Waals surface area contributed by atoms with Gasteiger partial charge in [0.15, 0.2) is 0 Å². The molecule has 0 saturated carbocycles. The van der Waals surface area contributed by atoms with Crippen LogP contribution < -0.4 is 4.35 Å². The average Bonchev–Trinajstić information content (AvgIpc) is 1.90. The van der Waals surface area contributed by atoms with Gasteiger partial charge in [-0.2, -0.15) is 0 Å². The molecule has 0 unspecified atom stereocenters. The predicted octanol–water partition coefficient (Wildman–Crippen LogP) is 0.448. The van der Waals surface area contributed by atoms with Crippen LogP contribution in [0.1, 0.15) is 0 Å². The molecule has 0 aliphatic rings. The number of hydrogen-bond donors (Lipinski definition) is 0. The van der Waals surface area contributed by atoms with E-state index in [2.05, 4.69) is 29.6 Å². The van der Waals surface area contributed by atoms with Gasteiger partial charge in [-0.25, -0.2) is 0 Å². The fourth-order valence-corrected chi connectivity index (χ4v) is 1.34. The van der Waals surface area contributed by atoms with Crippen molar-refractivity contribution >= 4 is 25.0 Å². The predicted molar refractivity (Wildman–Crippen MR) is 39.0 cm³/mol. The molecule has 0 amide bonds. The van der Waals surface area contributed by atoms with E-state index in [1.807, 2.05) is 6.07 Å². The Balaban J connectivity index is 2.99. The molecule has 0 heterocycles. The quantitative estimate of drug-likeness (QED) is 0.531. The molecular formula is C7H7As. The Morgan fingerprint density at radius 3 is 2.12 bits per heavy atom. The SMILES string of the molecule is C=[As]c1ccccc1. The zero-order valence-corrected chi connectivity index (χ0v) is 6.42. The number of benzene rings is 1. The topological polar surface area (TPSA) is 0 Å². The molecule has 0 atom stereocenters. The van der Waals surface area contributed by atoms with Gasteiger partial charge in [-0.3, -0.25) is 0 Å². The zero-order chi connectivity index (χ0) is 5.82. The van der Waals surface area contributed by atoms with Crippen molar-refractivity contribution in [2.75, 3.05) is 0 Å². The van der Waals surface area contributed by atoms with Gasteiger partial charge >= 0.3 is 55.3 Å². The fraction of sp³-hybridized carbons (Fsp3) is 0. The van der Waals surface area contributed by atoms with Gasteiger partial charge in [0.1, 0.15) is 0 Å². The van der Waals surface area contributed by atoms with Gasteiger partial charge in [0.2, 0.25) is 0 Å². The summed E-state index contributed by atoms with van der Waals surface area (Å²) in [6.45, 7) is 0. The molecule has 1 aromatic rings. The fourth-order valence-electron chi connectivity index (χ4n) is 0.533. The van der Waals surface area contributed by atoms with E-state index in [4.69, 9.17) is 0 Å². The van der Waals surface area contributed by atoms with E-state index in [1.54, 1.807) is 0 Å². The van der Waals surface area contributed by atoms with E-state index in [-0.39, 0.29) is 15.3 Å². The van der Waals surface area contributed by atoms with E-state index in [9.17, 15) is 0 Å². The van der Waals surface area contributed by atoms with Gasteiger partial charge in [-0.15, -0.1) is 0 Å². The van der Waals surface area contributed by atoms with E-state index in [0.29, 0.717) is 0 Å². The summed E-state index contributed by atoms with van der Waals surface area (Å²) in [5.41, 5.74) is 0. The average molecular weight is 166 g/mol. The molecule has 0 N–H and O–H groups in total. The van der Waals surface area contributed by atoms with Crippen molar-refractivity contribution in [2.24, 2.45) is 0 Å². The molecule has 0 radical (unpaired) electrons. The second kappa shape index (κ2) is 2.84. The van der Waals surface area contributed by atoms with Gasteiger partial charge in [0, 0.05) is 0 Å². The van der Waals surface area contributed by atoms with Crippen LogP contribution in [0.4, 0.5) is 0 Å². The zero-order valence-electron chi connectivity index (χ0n) is 4.54. The summed E-state index contributed by atoms with van der Waals surface area (Å²) < 4.78 is 1.39. The molecule has 8 heavy (non-hydrogen) atoms. The van der Waals surface area contributed by atoms with Crippen molar-refractivity contribution in [2.45, 2.75) is 0 Å². The first-order valence-corrected chi connectivity index (χ1v) is 4.72. The molecule has 0 aliphatic carbocycles. The van der Waals surface area contributed by atoms with Crippen LogP contribution in [-0.2, 0) is 0 Å². The van der Waals surface area contributed by atoms with Crippen LogP contribution in [0, 0.1) is 0 Å². The van der Waals surface area contributed by atoms with Crippen molar-refractivity contribution in [3.63, 3.8) is 0 Å². The maximum absolute atomic E-state index is 3.85. The maximum atomic E-state index is 3.85. The standard InChI is InChI=1S/C7H7As/c1-8-7-5-3-2-4-6-7/h2-6H,1H2. The van der Waals surface area contributed by atoms with Crippen molar-refractivity contribution in [1.29, 1.82) is 0 Å². The van der Waals surface area contributed by atoms with Crippen LogP contribution in [0.2, 0.25) is 0 Å². The molecule has 40 valence electrons. The Bertz CT molecular complexity index is 167. The van der Waals surface area contributed by atoms with E-state index in [0.717, 1.165) is 0 Å². The molecule has 0 bridgehead atoms. The Hall–Kier alpha value is -0.352. The summed E-state index contributed by atoms with van der Waals surface area (Å²) >= 11 is 0.182. The first-order valence-electron chi connectivity index (χ1n) is 2.45. The van der Waals surface area contributed by atoms with Crippen LogP contribution >= 0.6 is 0 Å². The Morgan fingerprint density at radius 2 is 1.75 bits per heavy atom. The third-order valence-corrected chi connectivity index (χ3v) is 2.33. The summed E-state index contributed by atoms with van der Waals surface area (Å²) in [6, 6.07) is 10.4. The first kappa shape index (κ1) is 5.78. The van der Waals surface area contributed by atoms with E-state index in [1.165, 1.54) is 4.35 Å². The molecule has 1 aromatic carbocycles. The molecule has 1 heteroatoms. The normalized spacial score (nSPS) is 9.50. The molecule has 0 fully saturated rings. The van der Waals surface area contributed by atoms with Crippen molar-refractivity contribution in [1.82, 2.24) is 0 Å². The molecule has 0 aromatic heterocycles. The molecule has 0 aliphatic heterocycles. The first-order chi connectivity index (χ1) is 3.93. The summed E-state index contributed by atoms with van der Waals surface area (Å²) in [5, 5.41) is 3.85. The van der Waals surface area contributed by atoms with E-state index >= 15 is 0 Å². The van der Waals surface area contributed by atoms with Crippen molar-refractivity contribution < 1.29 is 0 Å².